The molecule has 2 aromatic rings. The minimum atomic E-state index is -0.471. The molecule has 0 bridgehead atoms. The fourth-order valence-corrected chi connectivity index (χ4v) is 1.52. The van der Waals surface area contributed by atoms with E-state index in [1.807, 2.05) is 0 Å². The number of Topliss-reactive ketones (excluding diaryl/α,β-unsaturated/α-hetero) is 1. The molecular formula is C14H11N3O3. The van der Waals surface area contributed by atoms with Crippen LogP contribution in [0.1, 0.15) is 17.3 Å². The lowest BCUT2D eigenvalue weighted by Crippen LogP contribution is -1.89. The minimum Gasteiger partial charge on any atom is -0.295 e. The number of nitrogens with zero attached hydrogens (tertiary/aromatic N) is 3. The van der Waals surface area contributed by atoms with Gasteiger partial charge in [0.05, 0.1) is 16.3 Å². The van der Waals surface area contributed by atoms with Gasteiger partial charge in [-0.25, -0.2) is 0 Å². The summed E-state index contributed by atoms with van der Waals surface area (Å²) in [5, 5.41) is 18.5. The van der Waals surface area contributed by atoms with Crippen LogP contribution < -0.4 is 0 Å². The van der Waals surface area contributed by atoms with Crippen molar-refractivity contribution in [3.05, 3.63) is 64.2 Å². The maximum absolute atomic E-state index is 11.1. The molecule has 0 radical (unpaired) electrons. The molecule has 2 aromatic carbocycles. The number of nitro benzene ring substituents is 1. The lowest BCUT2D eigenvalue weighted by Gasteiger charge is -1.96. The Labute approximate surface area is 114 Å². The maximum Gasteiger partial charge on any atom is 0.269 e. The molecule has 0 spiro atoms. The number of non-ortho nitro benzene ring substituents is 1. The van der Waals surface area contributed by atoms with Crippen LogP contribution in [0.25, 0.3) is 0 Å². The van der Waals surface area contributed by atoms with Crippen LogP contribution in [0, 0.1) is 10.1 Å². The van der Waals surface area contributed by atoms with Gasteiger partial charge in [-0.2, -0.15) is 10.2 Å². The van der Waals surface area contributed by atoms with E-state index in [1.165, 1.54) is 31.2 Å². The summed E-state index contributed by atoms with van der Waals surface area (Å²) in [6, 6.07) is 12.5. The Kier molecular flexibility index (Phi) is 3.95. The molecule has 100 valence electrons. The summed E-state index contributed by atoms with van der Waals surface area (Å²) >= 11 is 0. The van der Waals surface area contributed by atoms with Gasteiger partial charge in [-0.05, 0) is 43.3 Å². The van der Waals surface area contributed by atoms with Gasteiger partial charge in [-0.1, -0.05) is 0 Å². The summed E-state index contributed by atoms with van der Waals surface area (Å²) in [6.45, 7) is 1.49. The Hall–Kier alpha value is -2.89. The lowest BCUT2D eigenvalue weighted by atomic mass is 10.1. The largest absolute Gasteiger partial charge is 0.295 e. The van der Waals surface area contributed by atoms with Crippen LogP contribution in [0.2, 0.25) is 0 Å². The molecule has 0 aliphatic rings. The van der Waals surface area contributed by atoms with Crippen LogP contribution in [-0.4, -0.2) is 10.7 Å². The number of benzene rings is 2. The lowest BCUT2D eigenvalue weighted by molar-refractivity contribution is -0.384. The second kappa shape index (κ2) is 5.83. The fourth-order valence-electron chi connectivity index (χ4n) is 1.52. The van der Waals surface area contributed by atoms with Crippen molar-refractivity contribution in [2.24, 2.45) is 10.2 Å². The maximum atomic E-state index is 11.1. The highest BCUT2D eigenvalue weighted by atomic mass is 16.6. The number of hydrogen-bond donors (Lipinski definition) is 0. The minimum absolute atomic E-state index is 0.00904. The van der Waals surface area contributed by atoms with Crippen LogP contribution in [0.4, 0.5) is 17.1 Å². The molecule has 0 atom stereocenters. The van der Waals surface area contributed by atoms with Crippen LogP contribution in [0.3, 0.4) is 0 Å². The van der Waals surface area contributed by atoms with E-state index >= 15 is 0 Å². The third-order valence-corrected chi connectivity index (χ3v) is 2.62. The predicted octanol–water partition coefficient (Wildman–Crippen LogP) is 4.21. The molecule has 6 heteroatoms. The van der Waals surface area contributed by atoms with Crippen LogP contribution in [-0.2, 0) is 0 Å². The SMILES string of the molecule is CC(=O)c1ccc(N=Nc2ccc([N+](=O)[O-])cc2)cc1. The average molecular weight is 269 g/mol. The molecule has 0 amide bonds. The fraction of sp³-hybridized carbons (Fsp3) is 0.0714. The van der Waals surface area contributed by atoms with E-state index < -0.39 is 4.92 Å². The zero-order valence-corrected chi connectivity index (χ0v) is 10.7. The number of carbonyl (C=O) groups excluding carboxylic acids is 1. The molecule has 0 heterocycles. The average Bonchev–Trinajstić information content (AvgIpc) is 2.46. The number of carbonyl (C=O) groups is 1. The quantitative estimate of drug-likeness (QED) is 0.360. The van der Waals surface area contributed by atoms with E-state index in [-0.39, 0.29) is 11.5 Å². The Balaban J connectivity index is 2.12. The monoisotopic (exact) mass is 269 g/mol. The van der Waals surface area contributed by atoms with Gasteiger partial charge in [-0.15, -0.1) is 0 Å². The van der Waals surface area contributed by atoms with E-state index in [1.54, 1.807) is 24.3 Å². The summed E-state index contributed by atoms with van der Waals surface area (Å²) in [6.07, 6.45) is 0. The molecule has 0 saturated heterocycles. The van der Waals surface area contributed by atoms with Gasteiger partial charge < -0.3 is 0 Å². The van der Waals surface area contributed by atoms with Crippen molar-refractivity contribution in [2.75, 3.05) is 0 Å². The zero-order valence-electron chi connectivity index (χ0n) is 10.7. The molecule has 0 aliphatic heterocycles. The van der Waals surface area contributed by atoms with Crippen molar-refractivity contribution >= 4 is 22.8 Å². The first-order valence-electron chi connectivity index (χ1n) is 5.83. The van der Waals surface area contributed by atoms with Crippen molar-refractivity contribution in [3.8, 4) is 0 Å². The standard InChI is InChI=1S/C14H11N3O3/c1-10(18)11-2-4-12(5-3-11)15-16-13-6-8-14(9-7-13)17(19)20/h2-9H,1H3. The van der Waals surface area contributed by atoms with E-state index in [0.29, 0.717) is 16.9 Å². The highest BCUT2D eigenvalue weighted by Gasteiger charge is 2.03. The van der Waals surface area contributed by atoms with Crippen molar-refractivity contribution in [1.82, 2.24) is 0 Å². The van der Waals surface area contributed by atoms with E-state index in [4.69, 9.17) is 0 Å². The van der Waals surface area contributed by atoms with E-state index in [0.717, 1.165) is 0 Å². The Morgan fingerprint density at radius 1 is 0.950 bits per heavy atom. The van der Waals surface area contributed by atoms with Gasteiger partial charge in [0.2, 0.25) is 0 Å². The summed E-state index contributed by atoms with van der Waals surface area (Å²) in [7, 11) is 0. The van der Waals surface area contributed by atoms with Crippen molar-refractivity contribution in [3.63, 3.8) is 0 Å². The molecule has 0 unspecified atom stereocenters. The van der Waals surface area contributed by atoms with Gasteiger partial charge in [0, 0.05) is 17.7 Å². The number of ketones is 1. The van der Waals surface area contributed by atoms with Gasteiger partial charge in [0.25, 0.3) is 5.69 Å². The molecule has 20 heavy (non-hydrogen) atoms. The molecule has 0 N–H and O–H groups in total. The Morgan fingerprint density at radius 2 is 1.40 bits per heavy atom. The Bertz CT molecular complexity index is 602. The highest BCUT2D eigenvalue weighted by Crippen LogP contribution is 2.21. The van der Waals surface area contributed by atoms with Crippen LogP contribution in [0.5, 0.6) is 0 Å². The summed E-state index contributed by atoms with van der Waals surface area (Å²) < 4.78 is 0. The third-order valence-electron chi connectivity index (χ3n) is 2.62. The number of hydrogen-bond acceptors (Lipinski definition) is 5. The third kappa shape index (κ3) is 3.32. The van der Waals surface area contributed by atoms with E-state index in [9.17, 15) is 14.9 Å². The predicted molar refractivity (Wildman–Crippen MR) is 73.7 cm³/mol. The second-order valence-corrected chi connectivity index (χ2v) is 4.08. The second-order valence-electron chi connectivity index (χ2n) is 4.08. The van der Waals surface area contributed by atoms with Crippen molar-refractivity contribution in [2.45, 2.75) is 6.92 Å². The molecule has 2 rings (SSSR count). The van der Waals surface area contributed by atoms with Gasteiger partial charge in [0.15, 0.2) is 5.78 Å². The first kappa shape index (κ1) is 13.5. The highest BCUT2D eigenvalue weighted by molar-refractivity contribution is 5.94. The van der Waals surface area contributed by atoms with Gasteiger partial charge in [-0.3, -0.25) is 14.9 Å². The van der Waals surface area contributed by atoms with E-state index in [2.05, 4.69) is 10.2 Å². The number of nitro groups is 1. The first-order chi connectivity index (χ1) is 9.56. The smallest absolute Gasteiger partial charge is 0.269 e. The number of azo groups is 1. The first-order valence-corrected chi connectivity index (χ1v) is 5.83. The molecule has 0 fully saturated rings. The molecule has 6 nitrogen and oxygen atoms in total. The van der Waals surface area contributed by atoms with Gasteiger partial charge >= 0.3 is 0 Å². The van der Waals surface area contributed by atoms with Crippen LogP contribution >= 0.6 is 0 Å². The summed E-state index contributed by atoms with van der Waals surface area (Å²) in [5.74, 6) is -0.0103. The molecule has 0 saturated carbocycles. The zero-order chi connectivity index (χ0) is 14.5. The van der Waals surface area contributed by atoms with Crippen LogP contribution in [0.15, 0.2) is 58.8 Å². The van der Waals surface area contributed by atoms with Crippen molar-refractivity contribution < 1.29 is 9.72 Å². The summed E-state index contributed by atoms with van der Waals surface area (Å²) in [5.41, 5.74) is 1.74. The van der Waals surface area contributed by atoms with Crippen molar-refractivity contribution in [1.29, 1.82) is 0 Å². The van der Waals surface area contributed by atoms with Gasteiger partial charge in [0.1, 0.15) is 0 Å². The normalized spacial score (nSPS) is 10.7. The molecule has 0 aromatic heterocycles. The number of rotatable bonds is 4. The molecular weight excluding hydrogens is 258 g/mol. The summed E-state index contributed by atoms with van der Waals surface area (Å²) in [4.78, 5) is 21.1. The Morgan fingerprint density at radius 3 is 1.80 bits per heavy atom. The topological polar surface area (TPSA) is 84.9 Å². The molecule has 0 aliphatic carbocycles.